The molecule has 0 unspecified atom stereocenters. The Morgan fingerprint density at radius 2 is 2.09 bits per heavy atom. The zero-order valence-electron chi connectivity index (χ0n) is 12.8. The molecule has 0 radical (unpaired) electrons. The maximum atomic E-state index is 5.28. The van der Waals surface area contributed by atoms with Gasteiger partial charge in [-0.15, -0.1) is 5.10 Å². The Balaban J connectivity index is 1.56. The molecule has 3 heterocycles. The zero-order valence-corrected chi connectivity index (χ0v) is 12.8. The van der Waals surface area contributed by atoms with Crippen molar-refractivity contribution in [1.82, 2.24) is 19.7 Å². The molecule has 2 aromatic heterocycles. The fourth-order valence-corrected chi connectivity index (χ4v) is 2.60. The predicted molar refractivity (Wildman–Crippen MR) is 87.2 cm³/mol. The number of rotatable bonds is 4. The molecular weight excluding hydrogens is 290 g/mol. The average Bonchev–Trinajstić information content (AvgIpc) is 2.94. The fraction of sp³-hybridized carbons (Fsp3) is 0.235. The molecule has 0 saturated carbocycles. The number of nitrogens with one attached hydrogen (secondary N) is 1. The monoisotopic (exact) mass is 307 g/mol. The molecule has 4 rings (SSSR count). The number of pyridine rings is 1. The van der Waals surface area contributed by atoms with E-state index in [0.29, 0.717) is 11.9 Å². The number of hydrogen-bond donors (Lipinski definition) is 1. The lowest BCUT2D eigenvalue weighted by Gasteiger charge is -2.27. The van der Waals surface area contributed by atoms with Crippen LogP contribution in [0.1, 0.15) is 17.0 Å². The maximum absolute atomic E-state index is 5.28. The molecule has 1 aromatic carbocycles. The van der Waals surface area contributed by atoms with E-state index in [1.165, 1.54) is 11.1 Å². The van der Waals surface area contributed by atoms with Gasteiger partial charge >= 0.3 is 0 Å². The van der Waals surface area contributed by atoms with Crippen molar-refractivity contribution < 1.29 is 4.74 Å². The Bertz CT molecular complexity index is 811. The second-order valence-corrected chi connectivity index (χ2v) is 5.69. The molecule has 0 bridgehead atoms. The molecule has 116 valence electrons. The fourth-order valence-electron chi connectivity index (χ4n) is 2.60. The van der Waals surface area contributed by atoms with Crippen LogP contribution < -0.4 is 5.32 Å². The molecule has 0 atom stereocenters. The molecule has 1 aliphatic heterocycles. The third-order valence-corrected chi connectivity index (χ3v) is 3.84. The standard InChI is InChI=1S/C17H17N5O/c1-12-6-13(14-9-23-10-14)8-15(7-12)20-17-19-11-22(21-17)16-4-2-3-5-18-16/h2-8,11,14H,9-10H2,1H3,(H,20,21). The smallest absolute Gasteiger partial charge is 0.247 e. The second kappa shape index (κ2) is 5.81. The molecule has 0 amide bonds. The SMILES string of the molecule is Cc1cc(Nc2ncn(-c3ccccn3)n2)cc(C2COC2)c1. The number of aromatic nitrogens is 4. The van der Waals surface area contributed by atoms with Crippen molar-refractivity contribution in [2.75, 3.05) is 18.5 Å². The first-order valence-corrected chi connectivity index (χ1v) is 7.57. The summed E-state index contributed by atoms with van der Waals surface area (Å²) in [5, 5.41) is 7.69. The molecule has 3 aromatic rings. The van der Waals surface area contributed by atoms with Gasteiger partial charge in [-0.25, -0.2) is 9.67 Å². The van der Waals surface area contributed by atoms with Crippen LogP contribution in [0.15, 0.2) is 48.9 Å². The minimum absolute atomic E-state index is 0.495. The van der Waals surface area contributed by atoms with Crippen LogP contribution in [0.3, 0.4) is 0 Å². The summed E-state index contributed by atoms with van der Waals surface area (Å²) >= 11 is 0. The number of benzene rings is 1. The van der Waals surface area contributed by atoms with Crippen molar-refractivity contribution in [3.8, 4) is 5.82 Å². The molecule has 1 N–H and O–H groups in total. The molecular formula is C17H17N5O. The van der Waals surface area contributed by atoms with Crippen LogP contribution in [0.5, 0.6) is 0 Å². The first-order chi connectivity index (χ1) is 11.3. The molecule has 1 fully saturated rings. The number of nitrogens with zero attached hydrogens (tertiary/aromatic N) is 4. The van der Waals surface area contributed by atoms with Crippen LogP contribution in [-0.4, -0.2) is 33.0 Å². The van der Waals surface area contributed by atoms with Crippen molar-refractivity contribution >= 4 is 11.6 Å². The Morgan fingerprint density at radius 1 is 1.17 bits per heavy atom. The second-order valence-electron chi connectivity index (χ2n) is 5.69. The van der Waals surface area contributed by atoms with Gasteiger partial charge in [0.15, 0.2) is 5.82 Å². The number of hydrogen-bond acceptors (Lipinski definition) is 5. The molecule has 0 aliphatic carbocycles. The maximum Gasteiger partial charge on any atom is 0.247 e. The number of aryl methyl sites for hydroxylation is 1. The van der Waals surface area contributed by atoms with Gasteiger partial charge in [-0.1, -0.05) is 12.1 Å². The van der Waals surface area contributed by atoms with Crippen LogP contribution in [0, 0.1) is 6.92 Å². The molecule has 1 saturated heterocycles. The zero-order chi connectivity index (χ0) is 15.6. The highest BCUT2D eigenvalue weighted by molar-refractivity contribution is 5.56. The molecule has 23 heavy (non-hydrogen) atoms. The van der Waals surface area contributed by atoms with Crippen LogP contribution in [0.25, 0.3) is 5.82 Å². The first kappa shape index (κ1) is 13.9. The van der Waals surface area contributed by atoms with Crippen molar-refractivity contribution in [3.05, 3.63) is 60.0 Å². The Kier molecular flexibility index (Phi) is 3.51. The number of ether oxygens (including phenoxy) is 1. The Morgan fingerprint density at radius 3 is 2.83 bits per heavy atom. The third kappa shape index (κ3) is 2.93. The third-order valence-electron chi connectivity index (χ3n) is 3.84. The van der Waals surface area contributed by atoms with Crippen molar-refractivity contribution in [2.24, 2.45) is 0 Å². The van der Waals surface area contributed by atoms with Gasteiger partial charge in [-0.2, -0.15) is 4.98 Å². The van der Waals surface area contributed by atoms with Crippen LogP contribution in [0.2, 0.25) is 0 Å². The summed E-state index contributed by atoms with van der Waals surface area (Å²) in [5.41, 5.74) is 3.50. The van der Waals surface area contributed by atoms with E-state index in [9.17, 15) is 0 Å². The van der Waals surface area contributed by atoms with Crippen LogP contribution in [-0.2, 0) is 4.74 Å². The van der Waals surface area contributed by atoms with E-state index < -0.39 is 0 Å². The van der Waals surface area contributed by atoms with Gasteiger partial charge in [0.1, 0.15) is 6.33 Å². The first-order valence-electron chi connectivity index (χ1n) is 7.57. The molecule has 1 aliphatic rings. The van der Waals surface area contributed by atoms with Crippen LogP contribution in [0.4, 0.5) is 11.6 Å². The van der Waals surface area contributed by atoms with Gasteiger partial charge < -0.3 is 10.1 Å². The summed E-state index contributed by atoms with van der Waals surface area (Å²) in [6.45, 7) is 3.69. The van der Waals surface area contributed by atoms with Gasteiger partial charge in [0, 0.05) is 17.8 Å². The highest BCUT2D eigenvalue weighted by Crippen LogP contribution is 2.28. The molecule has 6 heteroatoms. The van der Waals surface area contributed by atoms with Gasteiger partial charge in [0.05, 0.1) is 13.2 Å². The van der Waals surface area contributed by atoms with E-state index in [0.717, 1.165) is 24.7 Å². The van der Waals surface area contributed by atoms with Crippen LogP contribution >= 0.6 is 0 Å². The quantitative estimate of drug-likeness (QED) is 0.803. The molecule has 0 spiro atoms. The lowest BCUT2D eigenvalue weighted by Crippen LogP contribution is -2.25. The number of anilines is 2. The van der Waals surface area contributed by atoms with E-state index >= 15 is 0 Å². The lowest BCUT2D eigenvalue weighted by molar-refractivity contribution is 0.00843. The summed E-state index contributed by atoms with van der Waals surface area (Å²) in [4.78, 5) is 8.56. The van der Waals surface area contributed by atoms with E-state index in [-0.39, 0.29) is 0 Å². The Labute approximate surface area is 134 Å². The minimum Gasteiger partial charge on any atom is -0.380 e. The highest BCUT2D eigenvalue weighted by atomic mass is 16.5. The molecule has 6 nitrogen and oxygen atoms in total. The lowest BCUT2D eigenvalue weighted by atomic mass is 9.95. The normalized spacial score (nSPS) is 14.5. The average molecular weight is 307 g/mol. The van der Waals surface area contributed by atoms with E-state index in [1.54, 1.807) is 17.2 Å². The topological polar surface area (TPSA) is 64.9 Å². The summed E-state index contributed by atoms with van der Waals surface area (Å²) in [5.74, 6) is 1.79. The van der Waals surface area contributed by atoms with E-state index in [1.807, 2.05) is 18.2 Å². The van der Waals surface area contributed by atoms with Gasteiger partial charge in [0.25, 0.3) is 0 Å². The largest absolute Gasteiger partial charge is 0.380 e. The van der Waals surface area contributed by atoms with Gasteiger partial charge in [-0.3, -0.25) is 0 Å². The predicted octanol–water partition coefficient (Wildman–Crippen LogP) is 2.83. The minimum atomic E-state index is 0.495. The summed E-state index contributed by atoms with van der Waals surface area (Å²) in [7, 11) is 0. The van der Waals surface area contributed by atoms with E-state index in [4.69, 9.17) is 4.74 Å². The highest BCUT2D eigenvalue weighted by Gasteiger charge is 2.21. The van der Waals surface area contributed by atoms with Gasteiger partial charge in [0.2, 0.25) is 5.95 Å². The summed E-state index contributed by atoms with van der Waals surface area (Å²) in [6.07, 6.45) is 3.39. The summed E-state index contributed by atoms with van der Waals surface area (Å²) in [6, 6.07) is 12.1. The van der Waals surface area contributed by atoms with Crippen molar-refractivity contribution in [1.29, 1.82) is 0 Å². The van der Waals surface area contributed by atoms with Crippen molar-refractivity contribution in [3.63, 3.8) is 0 Å². The summed E-state index contributed by atoms with van der Waals surface area (Å²) < 4.78 is 6.94. The van der Waals surface area contributed by atoms with E-state index in [2.05, 4.69) is 45.5 Å². The Hall–Kier alpha value is -2.73. The van der Waals surface area contributed by atoms with Crippen molar-refractivity contribution in [2.45, 2.75) is 12.8 Å². The van der Waals surface area contributed by atoms with Gasteiger partial charge in [-0.05, 0) is 42.3 Å².